The molecule has 94 valence electrons. The van der Waals surface area contributed by atoms with Crippen LogP contribution < -0.4 is 5.73 Å². The van der Waals surface area contributed by atoms with Crippen molar-refractivity contribution >= 4 is 0 Å². The maximum Gasteiger partial charge on any atom is 0.128 e. The van der Waals surface area contributed by atoms with Gasteiger partial charge in [0.1, 0.15) is 5.82 Å². The lowest BCUT2D eigenvalue weighted by molar-refractivity contribution is 0.107. The van der Waals surface area contributed by atoms with Crippen molar-refractivity contribution in [1.82, 2.24) is 4.90 Å². The van der Waals surface area contributed by atoms with E-state index in [4.69, 9.17) is 5.73 Å². The lowest BCUT2D eigenvalue weighted by Gasteiger charge is -2.39. The largest absolute Gasteiger partial charge is 0.329 e. The second-order valence-corrected chi connectivity index (χ2v) is 4.86. The molecule has 0 bridgehead atoms. The highest BCUT2D eigenvalue weighted by Gasteiger charge is 2.27. The van der Waals surface area contributed by atoms with Gasteiger partial charge in [-0.25, -0.2) is 4.39 Å². The van der Waals surface area contributed by atoms with Crippen molar-refractivity contribution in [3.63, 3.8) is 0 Å². The Morgan fingerprint density at radius 3 is 2.82 bits per heavy atom. The van der Waals surface area contributed by atoms with Gasteiger partial charge in [0, 0.05) is 18.2 Å². The number of piperidine rings is 1. The van der Waals surface area contributed by atoms with Gasteiger partial charge >= 0.3 is 0 Å². The summed E-state index contributed by atoms with van der Waals surface area (Å²) in [5.41, 5.74) is 6.60. The Kier molecular flexibility index (Phi) is 4.13. The number of rotatable bonds is 3. The molecule has 1 aliphatic heterocycles. The van der Waals surface area contributed by atoms with E-state index in [-0.39, 0.29) is 11.9 Å². The Morgan fingerprint density at radius 1 is 1.41 bits per heavy atom. The van der Waals surface area contributed by atoms with Crippen molar-refractivity contribution in [3.05, 3.63) is 35.6 Å². The van der Waals surface area contributed by atoms with Crippen LogP contribution in [0.15, 0.2) is 24.3 Å². The third-order valence-electron chi connectivity index (χ3n) is 3.74. The molecule has 2 atom stereocenters. The summed E-state index contributed by atoms with van der Waals surface area (Å²) in [4.78, 5) is 2.35. The molecule has 0 saturated carbocycles. The van der Waals surface area contributed by atoms with Gasteiger partial charge in [0.2, 0.25) is 0 Å². The standard InChI is InChI=1S/C14H21FN2/c1-11-6-4-5-9-17(11)14(10-16)12-7-2-3-8-13(12)15/h2-3,7-8,11,14H,4-6,9-10,16H2,1H3. The number of hydrogen-bond donors (Lipinski definition) is 1. The molecule has 2 nitrogen and oxygen atoms in total. The van der Waals surface area contributed by atoms with Gasteiger partial charge in [-0.2, -0.15) is 0 Å². The fraction of sp³-hybridized carbons (Fsp3) is 0.571. The van der Waals surface area contributed by atoms with E-state index in [1.807, 2.05) is 12.1 Å². The predicted octanol–water partition coefficient (Wildman–Crippen LogP) is 2.70. The van der Waals surface area contributed by atoms with E-state index >= 15 is 0 Å². The van der Waals surface area contributed by atoms with Crippen LogP contribution in [0.3, 0.4) is 0 Å². The van der Waals surface area contributed by atoms with Crippen LogP contribution in [0.25, 0.3) is 0 Å². The molecule has 1 aromatic carbocycles. The van der Waals surface area contributed by atoms with Crippen molar-refractivity contribution in [2.24, 2.45) is 5.73 Å². The van der Waals surface area contributed by atoms with Crippen LogP contribution in [0.2, 0.25) is 0 Å². The first-order chi connectivity index (χ1) is 8.24. The highest BCUT2D eigenvalue weighted by molar-refractivity contribution is 5.22. The molecule has 1 saturated heterocycles. The minimum absolute atomic E-state index is 0.0199. The maximum atomic E-state index is 13.8. The summed E-state index contributed by atoms with van der Waals surface area (Å²) in [7, 11) is 0. The third-order valence-corrected chi connectivity index (χ3v) is 3.74. The van der Waals surface area contributed by atoms with Crippen molar-refractivity contribution in [1.29, 1.82) is 0 Å². The first kappa shape index (κ1) is 12.5. The number of nitrogens with two attached hydrogens (primary N) is 1. The maximum absolute atomic E-state index is 13.8. The molecule has 17 heavy (non-hydrogen) atoms. The molecule has 0 amide bonds. The summed E-state index contributed by atoms with van der Waals surface area (Å²) in [6.45, 7) is 3.71. The van der Waals surface area contributed by atoms with E-state index in [0.29, 0.717) is 12.6 Å². The van der Waals surface area contributed by atoms with E-state index in [1.165, 1.54) is 25.3 Å². The molecule has 1 aromatic rings. The van der Waals surface area contributed by atoms with Crippen molar-refractivity contribution < 1.29 is 4.39 Å². The highest BCUT2D eigenvalue weighted by atomic mass is 19.1. The van der Waals surface area contributed by atoms with Gasteiger partial charge in [-0.05, 0) is 32.4 Å². The van der Waals surface area contributed by atoms with E-state index in [9.17, 15) is 4.39 Å². The average Bonchev–Trinajstić information content (AvgIpc) is 2.34. The number of halogens is 1. The molecular weight excluding hydrogens is 215 g/mol. The third kappa shape index (κ3) is 2.67. The zero-order valence-corrected chi connectivity index (χ0v) is 10.4. The number of hydrogen-bond acceptors (Lipinski definition) is 2. The summed E-state index contributed by atoms with van der Waals surface area (Å²) in [6, 6.07) is 7.51. The fourth-order valence-corrected chi connectivity index (χ4v) is 2.77. The number of benzene rings is 1. The number of likely N-dealkylation sites (tertiary alicyclic amines) is 1. The van der Waals surface area contributed by atoms with Crippen molar-refractivity contribution in [3.8, 4) is 0 Å². The second kappa shape index (κ2) is 5.61. The van der Waals surface area contributed by atoms with Crippen LogP contribution in [0, 0.1) is 5.82 Å². The number of nitrogens with zero attached hydrogens (tertiary/aromatic N) is 1. The zero-order chi connectivity index (χ0) is 12.3. The topological polar surface area (TPSA) is 29.3 Å². The first-order valence-electron chi connectivity index (χ1n) is 6.44. The molecule has 2 N–H and O–H groups in total. The van der Waals surface area contributed by atoms with E-state index in [0.717, 1.165) is 12.1 Å². The SMILES string of the molecule is CC1CCCCN1C(CN)c1ccccc1F. The molecule has 0 spiro atoms. The molecule has 2 unspecified atom stereocenters. The van der Waals surface area contributed by atoms with Crippen LogP contribution in [0.4, 0.5) is 4.39 Å². The molecular formula is C14H21FN2. The Labute approximate surface area is 103 Å². The molecule has 1 heterocycles. The first-order valence-corrected chi connectivity index (χ1v) is 6.44. The Hall–Kier alpha value is -0.930. The normalized spacial score (nSPS) is 23.6. The van der Waals surface area contributed by atoms with Gasteiger partial charge in [-0.15, -0.1) is 0 Å². The van der Waals surface area contributed by atoms with Crippen LogP contribution in [0.5, 0.6) is 0 Å². The molecule has 2 rings (SSSR count). The fourth-order valence-electron chi connectivity index (χ4n) is 2.77. The highest BCUT2D eigenvalue weighted by Crippen LogP contribution is 2.29. The average molecular weight is 236 g/mol. The van der Waals surface area contributed by atoms with Gasteiger partial charge in [0.15, 0.2) is 0 Å². The molecule has 1 aliphatic rings. The van der Waals surface area contributed by atoms with Gasteiger partial charge in [0.25, 0.3) is 0 Å². The van der Waals surface area contributed by atoms with Crippen molar-refractivity contribution in [2.75, 3.05) is 13.1 Å². The van der Waals surface area contributed by atoms with Crippen LogP contribution in [-0.4, -0.2) is 24.0 Å². The molecule has 0 aliphatic carbocycles. The van der Waals surface area contributed by atoms with Gasteiger partial charge < -0.3 is 5.73 Å². The van der Waals surface area contributed by atoms with E-state index < -0.39 is 0 Å². The molecule has 0 radical (unpaired) electrons. The summed E-state index contributed by atoms with van der Waals surface area (Å²) in [5.74, 6) is -0.138. The summed E-state index contributed by atoms with van der Waals surface area (Å²) >= 11 is 0. The quantitative estimate of drug-likeness (QED) is 0.874. The van der Waals surface area contributed by atoms with E-state index in [1.54, 1.807) is 6.07 Å². The molecule has 1 fully saturated rings. The predicted molar refractivity (Wildman–Crippen MR) is 68.2 cm³/mol. The van der Waals surface area contributed by atoms with Crippen LogP contribution >= 0.6 is 0 Å². The van der Waals surface area contributed by atoms with E-state index in [2.05, 4.69) is 11.8 Å². The minimum Gasteiger partial charge on any atom is -0.329 e. The van der Waals surface area contributed by atoms with Gasteiger partial charge in [0.05, 0.1) is 6.04 Å². The smallest absolute Gasteiger partial charge is 0.128 e. The molecule has 0 aromatic heterocycles. The van der Waals surface area contributed by atoms with Crippen molar-refractivity contribution in [2.45, 2.75) is 38.3 Å². The van der Waals surface area contributed by atoms with Crippen LogP contribution in [0.1, 0.15) is 37.8 Å². The van der Waals surface area contributed by atoms with Gasteiger partial charge in [-0.3, -0.25) is 4.90 Å². The van der Waals surface area contributed by atoms with Gasteiger partial charge in [-0.1, -0.05) is 24.6 Å². The Morgan fingerprint density at radius 2 is 2.18 bits per heavy atom. The Bertz CT molecular complexity index is 367. The minimum atomic E-state index is -0.138. The monoisotopic (exact) mass is 236 g/mol. The lowest BCUT2D eigenvalue weighted by Crippen LogP contribution is -2.43. The van der Waals surface area contributed by atoms with Crippen LogP contribution in [-0.2, 0) is 0 Å². The molecule has 3 heteroatoms. The zero-order valence-electron chi connectivity index (χ0n) is 10.4. The summed E-state index contributed by atoms with van der Waals surface area (Å²) < 4.78 is 13.8. The summed E-state index contributed by atoms with van der Waals surface area (Å²) in [6.07, 6.45) is 3.65. The Balaban J connectivity index is 2.23. The summed E-state index contributed by atoms with van der Waals surface area (Å²) in [5, 5.41) is 0. The lowest BCUT2D eigenvalue weighted by atomic mass is 9.97. The second-order valence-electron chi connectivity index (χ2n) is 4.86.